The third-order valence-electron chi connectivity index (χ3n) is 8.00. The zero-order valence-corrected chi connectivity index (χ0v) is 28.6. The topological polar surface area (TPSA) is 43.2 Å². The van der Waals surface area contributed by atoms with E-state index in [1.807, 2.05) is 0 Å². The molecule has 40 heavy (non-hydrogen) atoms. The van der Waals surface area contributed by atoms with Crippen molar-refractivity contribution in [3.05, 3.63) is 71.8 Å². The van der Waals surface area contributed by atoms with E-state index in [4.69, 9.17) is 19.5 Å². The minimum absolute atomic E-state index is 0.128. The predicted molar refractivity (Wildman–Crippen MR) is 172 cm³/mol. The van der Waals surface area contributed by atoms with Gasteiger partial charge in [-0.2, -0.15) is 0 Å². The molecule has 0 fully saturated rings. The van der Waals surface area contributed by atoms with E-state index >= 15 is 0 Å². The normalized spacial score (nSPS) is 20.6. The molecule has 2 aliphatic rings. The zero-order chi connectivity index (χ0) is 28.8. The van der Waals surface area contributed by atoms with Crippen LogP contribution >= 0.6 is 28.5 Å². The van der Waals surface area contributed by atoms with Crippen LogP contribution in [0.25, 0.3) is 0 Å². The molecule has 224 valence electrons. The zero-order valence-electron chi connectivity index (χ0n) is 24.5. The molecule has 0 aromatic heterocycles. The Morgan fingerprint density at radius 1 is 0.625 bits per heavy atom. The molecule has 0 saturated heterocycles. The van der Waals surface area contributed by atoms with Gasteiger partial charge in [0, 0.05) is 0 Å². The van der Waals surface area contributed by atoms with Gasteiger partial charge in [-0.25, -0.2) is 9.98 Å². The summed E-state index contributed by atoms with van der Waals surface area (Å²) in [6, 6.07) is 21.7. The Morgan fingerprint density at radius 2 is 0.950 bits per heavy atom. The molecule has 2 aromatic carbocycles. The molecule has 0 aliphatic carbocycles. The average molecular weight is 721 g/mol. The molecule has 0 unspecified atom stereocenters. The molecule has 2 aromatic rings. The maximum atomic E-state index is 6.81. The molecule has 0 N–H and O–H groups in total. The summed E-state index contributed by atoms with van der Waals surface area (Å²) in [5, 5.41) is 0. The van der Waals surface area contributed by atoms with Crippen molar-refractivity contribution < 1.29 is 20.4 Å². The Bertz CT molecular complexity index is 969. The molecule has 7 heteroatoms. The number of halogens is 2. The number of ether oxygens (including phenoxy) is 2. The first-order chi connectivity index (χ1) is 19.5. The van der Waals surface area contributed by atoms with Crippen LogP contribution in [0.2, 0.25) is 0 Å². The molecule has 4 rings (SSSR count). The Hall–Kier alpha value is -1.17. The van der Waals surface area contributed by atoms with E-state index in [2.05, 4.69) is 117 Å². The molecule has 4 nitrogen and oxygen atoms in total. The predicted octanol–water partition coefficient (Wildman–Crippen LogP) is 9.82. The second kappa shape index (κ2) is 17.1. The van der Waals surface area contributed by atoms with Crippen molar-refractivity contribution in [2.45, 2.75) is 122 Å². The van der Waals surface area contributed by atoms with Gasteiger partial charge in [0.25, 0.3) is 0 Å². The third kappa shape index (κ3) is 8.92. The van der Waals surface area contributed by atoms with E-state index in [1.165, 1.54) is 22.0 Å². The third-order valence-corrected chi connectivity index (χ3v) is 8.00. The first-order valence-corrected chi connectivity index (χ1v) is 19.8. The van der Waals surface area contributed by atoms with Crippen molar-refractivity contribution in [3.63, 3.8) is 0 Å². The van der Waals surface area contributed by atoms with Crippen molar-refractivity contribution in [1.29, 1.82) is 0 Å². The summed E-state index contributed by atoms with van der Waals surface area (Å²) in [5.74, 6) is 1.62. The van der Waals surface area contributed by atoms with Crippen molar-refractivity contribution in [1.82, 2.24) is 0 Å². The summed E-state index contributed by atoms with van der Waals surface area (Å²) in [4.78, 5) is 10.4. The number of hydrogen-bond donors (Lipinski definition) is 0. The SMILES string of the molecule is CCCC1(CCC)OC(CC2=N[C@H](Cc3ccccc3)C(CCC)(CCC)O2)=N[C@@H]1Cc1ccccc1.[Br][Ni][Br]. The number of aliphatic imine (C=N–C) groups is 2. The summed E-state index contributed by atoms with van der Waals surface area (Å²) in [7, 11) is 1.25. The Labute approximate surface area is 262 Å². The monoisotopic (exact) mass is 718 g/mol. The summed E-state index contributed by atoms with van der Waals surface area (Å²) in [5.41, 5.74) is 2.17. The molecule has 0 amide bonds. The fourth-order valence-electron chi connectivity index (χ4n) is 6.49. The molecule has 0 spiro atoms. The minimum atomic E-state index is -0.235. The number of rotatable bonds is 14. The van der Waals surface area contributed by atoms with Gasteiger partial charge < -0.3 is 9.47 Å². The Kier molecular flexibility index (Phi) is 14.2. The molecule has 0 saturated carbocycles. The van der Waals surface area contributed by atoms with Gasteiger partial charge in [-0.15, -0.1) is 0 Å². The number of nitrogens with zero attached hydrogens (tertiary/aromatic N) is 2. The van der Waals surface area contributed by atoms with Crippen LogP contribution in [-0.4, -0.2) is 35.1 Å². The van der Waals surface area contributed by atoms with E-state index < -0.39 is 0 Å². The Morgan fingerprint density at radius 3 is 1.25 bits per heavy atom. The van der Waals surface area contributed by atoms with Crippen molar-refractivity contribution in [3.8, 4) is 0 Å². The first-order valence-electron chi connectivity index (χ1n) is 14.9. The molecule has 0 bridgehead atoms. The van der Waals surface area contributed by atoms with Crippen LogP contribution < -0.4 is 0 Å². The first kappa shape index (κ1) is 33.3. The van der Waals surface area contributed by atoms with Gasteiger partial charge >= 0.3 is 39.3 Å². The summed E-state index contributed by atoms with van der Waals surface area (Å²) in [6.07, 6.45) is 10.8. The van der Waals surface area contributed by atoms with Crippen LogP contribution in [0.5, 0.6) is 0 Å². The van der Waals surface area contributed by atoms with E-state index in [-0.39, 0.29) is 23.3 Å². The standard InChI is InChI=1S/C33H46N2O2.2BrH.Ni/c1-5-19-32(20-6-2)28(23-26-15-11-9-12-16-26)34-30(36-32)25-31-35-29(24-27-17-13-10-14-18-27)33(37-31,21-7-3)22-8-4;;;/h9-18,28-29H,5-8,19-25H2,1-4H3;2*1H;/q;;;+2/p-2/t28-,29-;;;/m1.../s1. The van der Waals surface area contributed by atoms with Gasteiger partial charge in [-0.05, 0) is 49.7 Å². The van der Waals surface area contributed by atoms with Gasteiger partial charge in [0.05, 0.1) is 18.5 Å². The van der Waals surface area contributed by atoms with Gasteiger partial charge in [-0.3, -0.25) is 0 Å². The van der Waals surface area contributed by atoms with E-state index in [0.29, 0.717) is 6.42 Å². The van der Waals surface area contributed by atoms with Crippen LogP contribution in [0.4, 0.5) is 0 Å². The average Bonchev–Trinajstić information content (AvgIpc) is 3.43. The van der Waals surface area contributed by atoms with Crippen molar-refractivity contribution in [2.24, 2.45) is 9.98 Å². The van der Waals surface area contributed by atoms with Crippen LogP contribution in [-0.2, 0) is 33.2 Å². The van der Waals surface area contributed by atoms with Crippen molar-refractivity contribution >= 4 is 40.2 Å². The van der Waals surface area contributed by atoms with E-state index in [1.54, 1.807) is 0 Å². The van der Waals surface area contributed by atoms with Crippen molar-refractivity contribution in [2.75, 3.05) is 0 Å². The molecule has 2 aliphatic heterocycles. The van der Waals surface area contributed by atoms with Gasteiger partial charge in [0.2, 0.25) is 0 Å². The molecular weight excluding hydrogens is 675 g/mol. The van der Waals surface area contributed by atoms with Crippen LogP contribution in [0.3, 0.4) is 0 Å². The summed E-state index contributed by atoms with van der Waals surface area (Å²) in [6.45, 7) is 9.00. The van der Waals surface area contributed by atoms with Crippen LogP contribution in [0.1, 0.15) is 96.6 Å². The molecule has 2 heterocycles. The number of hydrogen-bond acceptors (Lipinski definition) is 4. The number of benzene rings is 2. The van der Waals surface area contributed by atoms with E-state index in [0.717, 1.165) is 76.0 Å². The van der Waals surface area contributed by atoms with Crippen LogP contribution in [0.15, 0.2) is 70.6 Å². The fraction of sp³-hybridized carbons (Fsp3) is 0.576. The van der Waals surface area contributed by atoms with Gasteiger partial charge in [-0.1, -0.05) is 114 Å². The quantitative estimate of drug-likeness (QED) is 0.183. The molecule has 0 radical (unpaired) electrons. The second-order valence-corrected chi connectivity index (χ2v) is 16.0. The van der Waals surface area contributed by atoms with Crippen LogP contribution in [0, 0.1) is 0 Å². The molecular formula is C33H46Br2N2NiO2. The van der Waals surface area contributed by atoms with Gasteiger partial charge in [0.15, 0.2) is 11.8 Å². The van der Waals surface area contributed by atoms with Gasteiger partial charge in [0.1, 0.15) is 11.2 Å². The molecule has 2 atom stereocenters. The van der Waals surface area contributed by atoms with E-state index in [9.17, 15) is 0 Å². The summed E-state index contributed by atoms with van der Waals surface area (Å²) < 4.78 is 13.6. The second-order valence-electron chi connectivity index (χ2n) is 11.0. The Balaban J connectivity index is 0.00000141. The summed E-state index contributed by atoms with van der Waals surface area (Å²) >= 11 is 6.00. The fourth-order valence-corrected chi connectivity index (χ4v) is 6.49. The maximum absolute atomic E-state index is 6.81.